The van der Waals surface area contributed by atoms with E-state index in [2.05, 4.69) is 61.1 Å². The monoisotopic (exact) mass is 932 g/mol. The zero-order chi connectivity index (χ0) is 44.9. The Hall–Kier alpha value is -5.76. The molecule has 21 heteroatoms. The molecule has 0 aromatic carbocycles. The van der Waals surface area contributed by atoms with Crippen LogP contribution >= 0.6 is 23.2 Å². The van der Waals surface area contributed by atoms with Gasteiger partial charge in [-0.3, -0.25) is 4.79 Å². The number of rotatable bonds is 10. The average molecular weight is 934 g/mol. The van der Waals surface area contributed by atoms with Crippen molar-refractivity contribution in [2.45, 2.75) is 94.5 Å². The SMILES string of the molecule is O=C(N[C@@H]1CCC[C@H](Nc2nc(-c3c[nH]c4ncc(Cl)cc34)ncc2F)C1)C1CCOC1.O=C(N[C@@H]1CCC[C@H](Nc2nc(-c3c[nH]c4ncc(Cl)cc34)ncc2F)C1)O[C@H]1CCOC1. The van der Waals surface area contributed by atoms with Gasteiger partial charge in [0, 0.05) is 83.9 Å². The van der Waals surface area contributed by atoms with E-state index in [0.717, 1.165) is 68.3 Å². The molecule has 10 rings (SSSR count). The van der Waals surface area contributed by atoms with Gasteiger partial charge in [-0.25, -0.2) is 43.5 Å². The van der Waals surface area contributed by atoms with E-state index in [9.17, 15) is 18.4 Å². The lowest BCUT2D eigenvalue weighted by molar-refractivity contribution is -0.125. The number of carbonyl (C=O) groups is 2. The molecule has 2 aliphatic carbocycles. The molecule has 6 aromatic rings. The maximum atomic E-state index is 14.5. The number of nitrogens with zero attached hydrogens (tertiary/aromatic N) is 6. The van der Waals surface area contributed by atoms with Crippen molar-refractivity contribution in [1.82, 2.24) is 50.5 Å². The van der Waals surface area contributed by atoms with Crippen LogP contribution in [0.1, 0.15) is 64.2 Å². The Morgan fingerprint density at radius 3 is 1.71 bits per heavy atom. The van der Waals surface area contributed by atoms with Gasteiger partial charge < -0.3 is 45.4 Å². The summed E-state index contributed by atoms with van der Waals surface area (Å²) in [5, 5.41) is 15.0. The van der Waals surface area contributed by atoms with Gasteiger partial charge in [0.15, 0.2) is 34.9 Å². The summed E-state index contributed by atoms with van der Waals surface area (Å²) in [4.78, 5) is 56.4. The molecule has 2 amide bonds. The van der Waals surface area contributed by atoms with Crippen LogP contribution in [0.4, 0.5) is 25.2 Å². The number of H-pyrrole nitrogens is 2. The van der Waals surface area contributed by atoms with Crippen molar-refractivity contribution >= 4 is 68.9 Å². The Morgan fingerprint density at radius 1 is 0.662 bits per heavy atom. The molecule has 0 spiro atoms. The first-order valence-electron chi connectivity index (χ1n) is 21.9. The van der Waals surface area contributed by atoms with Crippen molar-refractivity contribution in [3.8, 4) is 22.8 Å². The van der Waals surface area contributed by atoms with Crippen molar-refractivity contribution < 1.29 is 32.6 Å². The van der Waals surface area contributed by atoms with E-state index in [-0.39, 0.29) is 53.7 Å². The van der Waals surface area contributed by atoms with E-state index in [1.54, 1.807) is 36.9 Å². The first kappa shape index (κ1) is 44.4. The molecule has 17 nitrogen and oxygen atoms in total. The molecular weight excluding hydrogens is 885 g/mol. The van der Waals surface area contributed by atoms with Gasteiger partial charge in [0.25, 0.3) is 0 Å². The summed E-state index contributed by atoms with van der Waals surface area (Å²) in [5.41, 5.74) is 2.69. The number of nitrogens with one attached hydrogen (secondary N) is 6. The lowest BCUT2D eigenvalue weighted by Gasteiger charge is -2.31. The molecule has 342 valence electrons. The number of aromatic nitrogens is 8. The van der Waals surface area contributed by atoms with Crippen LogP contribution in [0.5, 0.6) is 0 Å². The highest BCUT2D eigenvalue weighted by molar-refractivity contribution is 6.31. The number of aromatic amines is 2. The molecular formula is C44H48Cl2F2N12O5. The van der Waals surface area contributed by atoms with Gasteiger partial charge in [-0.1, -0.05) is 23.2 Å². The topological polar surface area (TPSA) is 219 Å². The van der Waals surface area contributed by atoms with Crippen LogP contribution in [0.25, 0.3) is 44.8 Å². The van der Waals surface area contributed by atoms with E-state index in [0.29, 0.717) is 83.4 Å². The molecule has 65 heavy (non-hydrogen) atoms. The smallest absolute Gasteiger partial charge is 0.407 e. The highest BCUT2D eigenvalue weighted by atomic mass is 35.5. The van der Waals surface area contributed by atoms with Crippen molar-refractivity contribution in [3.05, 3.63) is 71.0 Å². The summed E-state index contributed by atoms with van der Waals surface area (Å²) in [5.74, 6) is -0.0431. The predicted octanol–water partition coefficient (Wildman–Crippen LogP) is 7.74. The third kappa shape index (κ3) is 10.9. The van der Waals surface area contributed by atoms with Crippen LogP contribution < -0.4 is 21.3 Å². The molecule has 6 N–H and O–H groups in total. The van der Waals surface area contributed by atoms with E-state index in [1.807, 2.05) is 0 Å². The Bertz CT molecular complexity index is 2640. The normalized spacial score (nSPS) is 23.1. The molecule has 2 saturated heterocycles. The summed E-state index contributed by atoms with van der Waals surface area (Å²) in [6, 6.07) is 3.50. The van der Waals surface area contributed by atoms with Crippen molar-refractivity contribution in [3.63, 3.8) is 0 Å². The fourth-order valence-corrected chi connectivity index (χ4v) is 9.15. The summed E-state index contributed by atoms with van der Waals surface area (Å²) < 4.78 is 45.0. The zero-order valence-electron chi connectivity index (χ0n) is 35.2. The molecule has 0 radical (unpaired) electrons. The summed E-state index contributed by atoms with van der Waals surface area (Å²) in [7, 11) is 0. The van der Waals surface area contributed by atoms with Crippen LogP contribution in [0.3, 0.4) is 0 Å². The number of anilines is 2. The van der Waals surface area contributed by atoms with Gasteiger partial charge in [-0.2, -0.15) is 0 Å². The lowest BCUT2D eigenvalue weighted by atomic mass is 9.90. The van der Waals surface area contributed by atoms with E-state index in [1.165, 1.54) is 6.20 Å². The van der Waals surface area contributed by atoms with Gasteiger partial charge in [-0.05, 0) is 69.9 Å². The van der Waals surface area contributed by atoms with Gasteiger partial charge in [0.2, 0.25) is 5.91 Å². The molecule has 6 aromatic heterocycles. The maximum Gasteiger partial charge on any atom is 0.407 e. The van der Waals surface area contributed by atoms with Gasteiger partial charge in [0.05, 0.1) is 48.2 Å². The van der Waals surface area contributed by atoms with Crippen LogP contribution in [0.15, 0.2) is 49.3 Å². The molecule has 0 bridgehead atoms. The third-order valence-corrected chi connectivity index (χ3v) is 12.5. The summed E-state index contributed by atoms with van der Waals surface area (Å²) in [6.07, 6.45) is 16.4. The number of pyridine rings is 2. The van der Waals surface area contributed by atoms with Gasteiger partial charge in [-0.15, -0.1) is 0 Å². The lowest BCUT2D eigenvalue weighted by Crippen LogP contribution is -2.44. The third-order valence-electron chi connectivity index (χ3n) is 12.1. The van der Waals surface area contributed by atoms with Crippen LogP contribution in [0, 0.1) is 17.6 Å². The average Bonchev–Trinajstić information content (AvgIpc) is 4.15. The van der Waals surface area contributed by atoms with Gasteiger partial charge in [0.1, 0.15) is 17.4 Å². The quantitative estimate of drug-likeness (QED) is 0.0776. The number of ether oxygens (including phenoxy) is 3. The van der Waals surface area contributed by atoms with Crippen molar-refractivity contribution in [2.75, 3.05) is 37.1 Å². The largest absolute Gasteiger partial charge is 0.444 e. The molecule has 1 unspecified atom stereocenters. The maximum absolute atomic E-state index is 14.5. The molecule has 4 fully saturated rings. The van der Waals surface area contributed by atoms with Crippen LogP contribution in [-0.2, 0) is 19.0 Å². The highest BCUT2D eigenvalue weighted by Gasteiger charge is 2.30. The number of hydrogen-bond donors (Lipinski definition) is 6. The molecule has 8 heterocycles. The molecule has 6 atom stereocenters. The zero-order valence-corrected chi connectivity index (χ0v) is 36.7. The number of halogens is 4. The minimum absolute atomic E-state index is 0.00482. The van der Waals surface area contributed by atoms with Crippen molar-refractivity contribution in [1.29, 1.82) is 0 Å². The number of amides is 2. The second-order valence-electron chi connectivity index (χ2n) is 16.8. The number of fused-ring (bicyclic) bond motifs is 2. The van der Waals surface area contributed by atoms with Gasteiger partial charge >= 0.3 is 6.09 Å². The fourth-order valence-electron chi connectivity index (χ4n) is 8.83. The van der Waals surface area contributed by atoms with E-state index >= 15 is 0 Å². The fraction of sp³-hybridized carbons (Fsp3) is 0.455. The Labute approximate surface area is 382 Å². The molecule has 2 aliphatic heterocycles. The second-order valence-corrected chi connectivity index (χ2v) is 17.7. The first-order valence-corrected chi connectivity index (χ1v) is 22.6. The second kappa shape index (κ2) is 20.2. The Kier molecular flexibility index (Phi) is 13.8. The predicted molar refractivity (Wildman–Crippen MR) is 239 cm³/mol. The number of hydrogen-bond acceptors (Lipinski definition) is 13. The Morgan fingerprint density at radius 2 is 1.18 bits per heavy atom. The summed E-state index contributed by atoms with van der Waals surface area (Å²) >= 11 is 12.2. The number of alkyl carbamates (subject to hydrolysis) is 1. The van der Waals surface area contributed by atoms with E-state index < -0.39 is 17.7 Å². The first-order chi connectivity index (χ1) is 31.6. The summed E-state index contributed by atoms with van der Waals surface area (Å²) in [6.45, 7) is 2.18. The minimum Gasteiger partial charge on any atom is -0.444 e. The van der Waals surface area contributed by atoms with Crippen molar-refractivity contribution in [2.24, 2.45) is 5.92 Å². The molecule has 2 saturated carbocycles. The van der Waals surface area contributed by atoms with Crippen LogP contribution in [-0.4, -0.2) is 109 Å². The molecule has 4 aliphatic rings. The highest BCUT2D eigenvalue weighted by Crippen LogP contribution is 2.32. The van der Waals surface area contributed by atoms with Crippen LogP contribution in [0.2, 0.25) is 10.0 Å². The Balaban J connectivity index is 0.000000164. The number of carbonyl (C=O) groups excluding carboxylic acids is 2. The minimum atomic E-state index is -0.537. The van der Waals surface area contributed by atoms with E-state index in [4.69, 9.17) is 37.4 Å². The standard InChI is InChI=1S/C22H24ClFN6O3.C22H24ClFN6O2/c23-12-6-16-17(9-26-19(16)25-8-12)20-27-10-18(24)21(30-20)28-13-2-1-3-14(7-13)29-22(31)33-15-4-5-32-11-15;23-13-6-16-17(9-26-19(16)25-8-13)20-27-10-18(24)21(30-20)28-14-2-1-3-15(7-14)29-22(31)12-4-5-32-11-12/h6,8-10,13-15H,1-5,7,11H2,(H,25,26)(H,29,31)(H,27,28,30);6,8-10,12,14-15H,1-5,7,11H2,(H,25,26)(H,29,31)(H,27,28,30)/t13-,14+,15-;12?,14-,15+/m00/s1.